The fourth-order valence-electron chi connectivity index (χ4n) is 2.31. The smallest absolute Gasteiger partial charge is 0.287 e. The van der Waals surface area contributed by atoms with Crippen molar-refractivity contribution in [2.75, 3.05) is 20.1 Å². The van der Waals surface area contributed by atoms with Gasteiger partial charge >= 0.3 is 0 Å². The minimum absolute atomic E-state index is 0.199. The Morgan fingerprint density at radius 3 is 2.75 bits per heavy atom. The average Bonchev–Trinajstić information content (AvgIpc) is 3.14. The summed E-state index contributed by atoms with van der Waals surface area (Å²) in [5.74, 6) is 0.929. The summed E-state index contributed by atoms with van der Waals surface area (Å²) in [4.78, 5) is 15.8. The van der Waals surface area contributed by atoms with E-state index in [4.69, 9.17) is 4.42 Å². The van der Waals surface area contributed by atoms with Gasteiger partial charge in [-0.3, -0.25) is 9.79 Å². The van der Waals surface area contributed by atoms with Crippen LogP contribution in [0.25, 0.3) is 0 Å². The van der Waals surface area contributed by atoms with E-state index in [1.807, 2.05) is 0 Å². The lowest BCUT2D eigenvalue weighted by Gasteiger charge is -2.16. The summed E-state index contributed by atoms with van der Waals surface area (Å²) in [6, 6.07) is 3.86. The molecular formula is C14H22N4O2. The first-order valence-corrected chi connectivity index (χ1v) is 7.08. The third-order valence-corrected chi connectivity index (χ3v) is 3.37. The Bertz CT molecular complexity index is 436. The Hall–Kier alpha value is -1.98. The van der Waals surface area contributed by atoms with Crippen LogP contribution >= 0.6 is 0 Å². The van der Waals surface area contributed by atoms with Crippen molar-refractivity contribution in [3.63, 3.8) is 0 Å². The van der Waals surface area contributed by atoms with Crippen LogP contribution < -0.4 is 16.0 Å². The first kappa shape index (κ1) is 14.4. The maximum atomic E-state index is 11.6. The predicted molar refractivity (Wildman–Crippen MR) is 77.8 cm³/mol. The number of furan rings is 1. The average molecular weight is 278 g/mol. The Balaban J connectivity index is 1.63. The Labute approximate surface area is 119 Å². The van der Waals surface area contributed by atoms with E-state index >= 15 is 0 Å². The van der Waals surface area contributed by atoms with E-state index in [9.17, 15) is 4.79 Å². The summed E-state index contributed by atoms with van der Waals surface area (Å²) in [6.45, 7) is 1.14. The van der Waals surface area contributed by atoms with Crippen molar-refractivity contribution in [3.8, 4) is 0 Å². The van der Waals surface area contributed by atoms with Crippen molar-refractivity contribution >= 4 is 11.9 Å². The van der Waals surface area contributed by atoms with E-state index < -0.39 is 0 Å². The van der Waals surface area contributed by atoms with Crippen molar-refractivity contribution in [2.45, 2.75) is 31.7 Å². The Kier molecular flexibility index (Phi) is 5.46. The van der Waals surface area contributed by atoms with Crippen molar-refractivity contribution in [1.29, 1.82) is 0 Å². The van der Waals surface area contributed by atoms with Crippen molar-refractivity contribution < 1.29 is 9.21 Å². The molecule has 0 unspecified atom stereocenters. The van der Waals surface area contributed by atoms with Gasteiger partial charge in [0, 0.05) is 26.2 Å². The van der Waals surface area contributed by atoms with Gasteiger partial charge in [0.25, 0.3) is 5.91 Å². The van der Waals surface area contributed by atoms with Gasteiger partial charge in [-0.05, 0) is 25.0 Å². The zero-order valence-electron chi connectivity index (χ0n) is 11.8. The molecule has 6 nitrogen and oxygen atoms in total. The molecule has 6 heteroatoms. The molecular weight excluding hydrogens is 256 g/mol. The molecule has 0 aromatic carbocycles. The zero-order valence-corrected chi connectivity index (χ0v) is 11.8. The lowest BCUT2D eigenvalue weighted by Crippen LogP contribution is -2.44. The molecule has 0 atom stereocenters. The molecule has 1 aromatic heterocycles. The largest absolute Gasteiger partial charge is 0.459 e. The highest BCUT2D eigenvalue weighted by molar-refractivity contribution is 5.91. The molecule has 2 rings (SSSR count). The topological polar surface area (TPSA) is 78.7 Å². The SMILES string of the molecule is CN=C(NCCNC(=O)c1ccco1)NC1CCCC1. The first-order chi connectivity index (χ1) is 9.79. The molecule has 110 valence electrons. The molecule has 20 heavy (non-hydrogen) atoms. The predicted octanol–water partition coefficient (Wildman–Crippen LogP) is 1.12. The van der Waals surface area contributed by atoms with Gasteiger partial charge in [0.05, 0.1) is 6.26 Å². The van der Waals surface area contributed by atoms with Gasteiger partial charge in [-0.2, -0.15) is 0 Å². The molecule has 1 amide bonds. The zero-order chi connectivity index (χ0) is 14.2. The molecule has 0 aliphatic heterocycles. The summed E-state index contributed by atoms with van der Waals surface area (Å²) in [5, 5.41) is 9.36. The molecule has 3 N–H and O–H groups in total. The fraction of sp³-hybridized carbons (Fsp3) is 0.571. The normalized spacial score (nSPS) is 16.1. The van der Waals surface area contributed by atoms with Crippen LogP contribution in [0.1, 0.15) is 36.2 Å². The highest BCUT2D eigenvalue weighted by Gasteiger charge is 2.15. The molecule has 1 heterocycles. The van der Waals surface area contributed by atoms with E-state index in [2.05, 4.69) is 20.9 Å². The van der Waals surface area contributed by atoms with Gasteiger partial charge in [0.2, 0.25) is 0 Å². The first-order valence-electron chi connectivity index (χ1n) is 7.08. The van der Waals surface area contributed by atoms with Gasteiger partial charge in [-0.25, -0.2) is 0 Å². The van der Waals surface area contributed by atoms with Crippen molar-refractivity contribution in [1.82, 2.24) is 16.0 Å². The molecule has 1 saturated carbocycles. The van der Waals surface area contributed by atoms with Crippen LogP contribution in [0.15, 0.2) is 27.8 Å². The number of hydrogen-bond donors (Lipinski definition) is 3. The van der Waals surface area contributed by atoms with Crippen LogP contribution in [0.3, 0.4) is 0 Å². The minimum atomic E-state index is -0.199. The van der Waals surface area contributed by atoms with Crippen LogP contribution in [0.2, 0.25) is 0 Å². The number of nitrogens with zero attached hydrogens (tertiary/aromatic N) is 1. The van der Waals surface area contributed by atoms with Crippen LogP contribution in [0.5, 0.6) is 0 Å². The van der Waals surface area contributed by atoms with Crippen LogP contribution in [-0.4, -0.2) is 38.0 Å². The summed E-state index contributed by atoms with van der Waals surface area (Å²) in [7, 11) is 1.76. The molecule has 1 aromatic rings. The number of hydrogen-bond acceptors (Lipinski definition) is 3. The van der Waals surface area contributed by atoms with Gasteiger partial charge in [-0.15, -0.1) is 0 Å². The summed E-state index contributed by atoms with van der Waals surface area (Å²) < 4.78 is 5.01. The number of aliphatic imine (C=N–C) groups is 1. The minimum Gasteiger partial charge on any atom is -0.459 e. The lowest BCUT2D eigenvalue weighted by atomic mass is 10.2. The van der Waals surface area contributed by atoms with Gasteiger partial charge < -0.3 is 20.4 Å². The van der Waals surface area contributed by atoms with Crippen LogP contribution in [0, 0.1) is 0 Å². The number of carbonyl (C=O) groups is 1. The Morgan fingerprint density at radius 2 is 2.10 bits per heavy atom. The molecule has 1 aliphatic rings. The molecule has 0 bridgehead atoms. The second kappa shape index (κ2) is 7.57. The molecule has 1 aliphatic carbocycles. The number of amides is 1. The maximum absolute atomic E-state index is 11.6. The van der Waals surface area contributed by atoms with E-state index in [0.29, 0.717) is 24.9 Å². The number of carbonyl (C=O) groups excluding carboxylic acids is 1. The van der Waals surface area contributed by atoms with E-state index in [-0.39, 0.29) is 5.91 Å². The molecule has 0 saturated heterocycles. The van der Waals surface area contributed by atoms with E-state index in [0.717, 1.165) is 5.96 Å². The third-order valence-electron chi connectivity index (χ3n) is 3.37. The van der Waals surface area contributed by atoms with Crippen LogP contribution in [0.4, 0.5) is 0 Å². The van der Waals surface area contributed by atoms with Crippen molar-refractivity contribution in [3.05, 3.63) is 24.2 Å². The highest BCUT2D eigenvalue weighted by Crippen LogP contribution is 2.17. The summed E-state index contributed by atoms with van der Waals surface area (Å²) in [6.07, 6.45) is 6.47. The second-order valence-corrected chi connectivity index (χ2v) is 4.86. The Morgan fingerprint density at radius 1 is 1.35 bits per heavy atom. The second-order valence-electron chi connectivity index (χ2n) is 4.86. The lowest BCUT2D eigenvalue weighted by molar-refractivity contribution is 0.0926. The highest BCUT2D eigenvalue weighted by atomic mass is 16.3. The van der Waals surface area contributed by atoms with E-state index in [1.54, 1.807) is 19.2 Å². The van der Waals surface area contributed by atoms with Gasteiger partial charge in [-0.1, -0.05) is 12.8 Å². The quantitative estimate of drug-likeness (QED) is 0.428. The number of rotatable bonds is 5. The fourth-order valence-corrected chi connectivity index (χ4v) is 2.31. The molecule has 0 spiro atoms. The van der Waals surface area contributed by atoms with Gasteiger partial charge in [0.1, 0.15) is 0 Å². The molecule has 1 fully saturated rings. The van der Waals surface area contributed by atoms with Crippen molar-refractivity contribution in [2.24, 2.45) is 4.99 Å². The number of guanidine groups is 1. The summed E-state index contributed by atoms with van der Waals surface area (Å²) in [5.41, 5.74) is 0. The van der Waals surface area contributed by atoms with E-state index in [1.165, 1.54) is 31.9 Å². The molecule has 0 radical (unpaired) electrons. The summed E-state index contributed by atoms with van der Waals surface area (Å²) >= 11 is 0. The maximum Gasteiger partial charge on any atom is 0.287 e. The van der Waals surface area contributed by atoms with Gasteiger partial charge in [0.15, 0.2) is 11.7 Å². The van der Waals surface area contributed by atoms with Crippen LogP contribution in [-0.2, 0) is 0 Å². The monoisotopic (exact) mass is 278 g/mol. The number of nitrogens with one attached hydrogen (secondary N) is 3. The third kappa shape index (κ3) is 4.29. The standard InChI is InChI=1S/C14H22N4O2/c1-15-14(18-11-5-2-3-6-11)17-9-8-16-13(19)12-7-4-10-20-12/h4,7,10-11H,2-3,5-6,8-9H2,1H3,(H,16,19)(H2,15,17,18).